The lowest BCUT2D eigenvalue weighted by Gasteiger charge is -2.36. The number of carbonyl (C=O) groups is 1. The summed E-state index contributed by atoms with van der Waals surface area (Å²) in [6.45, 7) is 4.49. The Hall–Kier alpha value is -1.55. The van der Waals surface area contributed by atoms with Crippen LogP contribution in [0.2, 0.25) is 0 Å². The van der Waals surface area contributed by atoms with Gasteiger partial charge in [-0.25, -0.2) is 0 Å². The second-order valence-corrected chi connectivity index (χ2v) is 6.85. The van der Waals surface area contributed by atoms with Crippen LogP contribution in [0.4, 0.5) is 5.69 Å². The third-order valence-electron chi connectivity index (χ3n) is 5.08. The lowest BCUT2D eigenvalue weighted by atomic mass is 10.1. The molecule has 0 atom stereocenters. The average molecular weight is 315 g/mol. The van der Waals surface area contributed by atoms with Crippen LogP contribution in [0.25, 0.3) is 0 Å². The number of rotatable bonds is 4. The smallest absolute Gasteiger partial charge is 0.234 e. The largest absolute Gasteiger partial charge is 0.369 e. The van der Waals surface area contributed by atoms with E-state index in [4.69, 9.17) is 0 Å². The third-order valence-corrected chi connectivity index (χ3v) is 5.08. The normalized spacial score (nSPS) is 21.0. The molecule has 1 aliphatic heterocycles. The van der Waals surface area contributed by atoms with Gasteiger partial charge in [0.15, 0.2) is 0 Å². The summed E-state index contributed by atoms with van der Waals surface area (Å²) in [6, 6.07) is 11.0. The first-order chi connectivity index (χ1) is 11.3. The summed E-state index contributed by atoms with van der Waals surface area (Å²) in [6.07, 6.45) is 7.50. The zero-order valence-corrected chi connectivity index (χ0v) is 14.0. The van der Waals surface area contributed by atoms with Gasteiger partial charge >= 0.3 is 0 Å². The molecular weight excluding hydrogens is 286 g/mol. The van der Waals surface area contributed by atoms with Crippen LogP contribution in [0, 0.1) is 0 Å². The van der Waals surface area contributed by atoms with Gasteiger partial charge in [-0.2, -0.15) is 0 Å². The molecule has 1 aromatic carbocycles. The highest BCUT2D eigenvalue weighted by atomic mass is 16.2. The number of hydrogen-bond donors (Lipinski definition) is 1. The predicted octanol–water partition coefficient (Wildman–Crippen LogP) is 2.65. The van der Waals surface area contributed by atoms with Crippen molar-refractivity contribution < 1.29 is 4.79 Å². The molecule has 0 unspecified atom stereocenters. The van der Waals surface area contributed by atoms with Crippen molar-refractivity contribution in [2.45, 2.75) is 44.6 Å². The number of carbonyl (C=O) groups excluding carboxylic acids is 1. The van der Waals surface area contributed by atoms with Gasteiger partial charge in [-0.05, 0) is 25.0 Å². The number of nitrogens with zero attached hydrogens (tertiary/aromatic N) is 2. The summed E-state index contributed by atoms with van der Waals surface area (Å²) in [5.41, 5.74) is 1.29. The molecule has 23 heavy (non-hydrogen) atoms. The zero-order valence-electron chi connectivity index (χ0n) is 14.0. The first kappa shape index (κ1) is 16.3. The number of benzene rings is 1. The van der Waals surface area contributed by atoms with E-state index in [1.54, 1.807) is 0 Å². The van der Waals surface area contributed by atoms with E-state index in [-0.39, 0.29) is 5.91 Å². The van der Waals surface area contributed by atoms with Crippen molar-refractivity contribution in [2.75, 3.05) is 37.6 Å². The van der Waals surface area contributed by atoms with Crippen molar-refractivity contribution in [1.82, 2.24) is 10.2 Å². The standard InChI is InChI=1S/C19H29N3O/c23-19(20-17-8-4-1-2-5-9-17)16-21-12-14-22(15-13-21)18-10-6-3-7-11-18/h3,6-7,10-11,17H,1-2,4-5,8-9,12-16H2,(H,20,23). The van der Waals surface area contributed by atoms with Gasteiger partial charge in [-0.15, -0.1) is 0 Å². The van der Waals surface area contributed by atoms with Crippen LogP contribution in [0.3, 0.4) is 0 Å². The minimum Gasteiger partial charge on any atom is -0.369 e. The fraction of sp³-hybridized carbons (Fsp3) is 0.632. The Balaban J connectivity index is 1.40. The van der Waals surface area contributed by atoms with Crippen LogP contribution in [-0.4, -0.2) is 49.6 Å². The molecule has 4 heteroatoms. The zero-order chi connectivity index (χ0) is 15.9. The molecule has 3 rings (SSSR count). The lowest BCUT2D eigenvalue weighted by molar-refractivity contribution is -0.123. The molecule has 2 fully saturated rings. The van der Waals surface area contributed by atoms with Crippen molar-refractivity contribution in [3.05, 3.63) is 30.3 Å². The van der Waals surface area contributed by atoms with Crippen LogP contribution >= 0.6 is 0 Å². The SMILES string of the molecule is O=C(CN1CCN(c2ccccc2)CC1)NC1CCCCCC1. The summed E-state index contributed by atoms with van der Waals surface area (Å²) < 4.78 is 0. The van der Waals surface area contributed by atoms with Gasteiger partial charge in [0.25, 0.3) is 0 Å². The molecule has 0 spiro atoms. The molecule has 0 bridgehead atoms. The Morgan fingerprint density at radius 3 is 2.26 bits per heavy atom. The molecule has 2 aliphatic rings. The molecule has 1 amide bonds. The number of para-hydroxylation sites is 1. The molecule has 1 saturated carbocycles. The molecule has 1 N–H and O–H groups in total. The summed E-state index contributed by atoms with van der Waals surface area (Å²) in [5.74, 6) is 0.213. The van der Waals surface area contributed by atoms with Gasteiger partial charge < -0.3 is 10.2 Å². The minimum absolute atomic E-state index is 0.213. The molecule has 1 aliphatic carbocycles. The van der Waals surface area contributed by atoms with Gasteiger partial charge in [0.1, 0.15) is 0 Å². The fourth-order valence-electron chi connectivity index (χ4n) is 3.70. The van der Waals surface area contributed by atoms with Gasteiger partial charge in [-0.3, -0.25) is 9.69 Å². The second-order valence-electron chi connectivity index (χ2n) is 6.85. The van der Waals surface area contributed by atoms with E-state index < -0.39 is 0 Å². The van der Waals surface area contributed by atoms with Crippen LogP contribution in [-0.2, 0) is 4.79 Å². The van der Waals surface area contributed by atoms with Crippen molar-refractivity contribution in [3.8, 4) is 0 Å². The average Bonchev–Trinajstić information content (AvgIpc) is 2.85. The lowest BCUT2D eigenvalue weighted by Crippen LogP contribution is -2.50. The van der Waals surface area contributed by atoms with E-state index in [1.807, 2.05) is 0 Å². The van der Waals surface area contributed by atoms with Gasteiger partial charge in [0.2, 0.25) is 5.91 Å². The van der Waals surface area contributed by atoms with Crippen LogP contribution < -0.4 is 10.2 Å². The number of amides is 1. The first-order valence-corrected chi connectivity index (χ1v) is 9.13. The van der Waals surface area contributed by atoms with Crippen molar-refractivity contribution in [3.63, 3.8) is 0 Å². The molecule has 4 nitrogen and oxygen atoms in total. The summed E-state index contributed by atoms with van der Waals surface area (Å²) in [7, 11) is 0. The van der Waals surface area contributed by atoms with Crippen molar-refractivity contribution in [1.29, 1.82) is 0 Å². The van der Waals surface area contributed by atoms with E-state index in [1.165, 1.54) is 31.4 Å². The minimum atomic E-state index is 0.213. The van der Waals surface area contributed by atoms with Crippen LogP contribution in [0.1, 0.15) is 38.5 Å². The number of nitrogens with one attached hydrogen (secondary N) is 1. The Morgan fingerprint density at radius 2 is 1.61 bits per heavy atom. The summed E-state index contributed by atoms with van der Waals surface area (Å²) in [5, 5.41) is 3.25. The maximum absolute atomic E-state index is 12.3. The molecule has 126 valence electrons. The van der Waals surface area contributed by atoms with E-state index >= 15 is 0 Å². The fourth-order valence-corrected chi connectivity index (χ4v) is 3.70. The Labute approximate surface area is 139 Å². The van der Waals surface area contributed by atoms with Gasteiger partial charge in [-0.1, -0.05) is 43.9 Å². The van der Waals surface area contributed by atoms with Crippen molar-refractivity contribution in [2.24, 2.45) is 0 Å². The van der Waals surface area contributed by atoms with E-state index in [0.29, 0.717) is 12.6 Å². The Morgan fingerprint density at radius 1 is 0.957 bits per heavy atom. The van der Waals surface area contributed by atoms with E-state index in [9.17, 15) is 4.79 Å². The highest BCUT2D eigenvalue weighted by Gasteiger charge is 2.20. The topological polar surface area (TPSA) is 35.6 Å². The van der Waals surface area contributed by atoms with E-state index in [0.717, 1.165) is 39.0 Å². The monoisotopic (exact) mass is 315 g/mol. The highest BCUT2D eigenvalue weighted by Crippen LogP contribution is 2.18. The molecule has 0 radical (unpaired) electrons. The van der Waals surface area contributed by atoms with Crippen molar-refractivity contribution >= 4 is 11.6 Å². The maximum atomic E-state index is 12.3. The predicted molar refractivity (Wildman–Crippen MR) is 94.7 cm³/mol. The number of piperazine rings is 1. The highest BCUT2D eigenvalue weighted by molar-refractivity contribution is 5.78. The molecule has 1 saturated heterocycles. The summed E-state index contributed by atoms with van der Waals surface area (Å²) >= 11 is 0. The summed E-state index contributed by atoms with van der Waals surface area (Å²) in [4.78, 5) is 17.0. The third kappa shape index (κ3) is 4.96. The second kappa shape index (κ2) is 8.34. The van der Waals surface area contributed by atoms with E-state index in [2.05, 4.69) is 45.4 Å². The quantitative estimate of drug-likeness (QED) is 0.868. The van der Waals surface area contributed by atoms with Crippen LogP contribution in [0.5, 0.6) is 0 Å². The Bertz CT molecular complexity index is 475. The number of hydrogen-bond acceptors (Lipinski definition) is 3. The number of anilines is 1. The maximum Gasteiger partial charge on any atom is 0.234 e. The molecule has 1 heterocycles. The Kier molecular flexibility index (Phi) is 5.92. The van der Waals surface area contributed by atoms with Crippen LogP contribution in [0.15, 0.2) is 30.3 Å². The first-order valence-electron chi connectivity index (χ1n) is 9.13. The van der Waals surface area contributed by atoms with Gasteiger partial charge in [0.05, 0.1) is 6.54 Å². The molecule has 1 aromatic rings. The molecule has 0 aromatic heterocycles. The molecular formula is C19H29N3O. The van der Waals surface area contributed by atoms with Gasteiger partial charge in [0, 0.05) is 37.9 Å².